The molecule has 2 aromatic rings. The molecule has 0 radical (unpaired) electrons. The van der Waals surface area contributed by atoms with Crippen LogP contribution in [0.2, 0.25) is 0 Å². The third-order valence-electron chi connectivity index (χ3n) is 5.12. The molecular formula is C25H26N4O4. The van der Waals surface area contributed by atoms with Crippen molar-refractivity contribution < 1.29 is 19.1 Å². The number of amidine groups is 1. The van der Waals surface area contributed by atoms with E-state index >= 15 is 0 Å². The number of methoxy groups -OCH3 is 2. The molecule has 0 saturated heterocycles. The number of rotatable bonds is 7. The Morgan fingerprint density at radius 1 is 1.06 bits per heavy atom. The first-order valence-corrected chi connectivity index (χ1v) is 10.5. The maximum Gasteiger partial charge on any atom is 0.264 e. The van der Waals surface area contributed by atoms with Gasteiger partial charge in [-0.3, -0.25) is 9.59 Å². The van der Waals surface area contributed by atoms with Crippen LogP contribution in [0.25, 0.3) is 5.70 Å². The molecule has 1 aliphatic rings. The molecule has 1 heterocycles. The van der Waals surface area contributed by atoms with Gasteiger partial charge in [0.1, 0.15) is 17.5 Å². The molecular weight excluding hydrogens is 420 g/mol. The molecule has 33 heavy (non-hydrogen) atoms. The summed E-state index contributed by atoms with van der Waals surface area (Å²) in [5.74, 6) is 0.717. The summed E-state index contributed by atoms with van der Waals surface area (Å²) in [6.07, 6.45) is 0.798. The maximum absolute atomic E-state index is 12.9. The number of benzene rings is 2. The average Bonchev–Trinajstić information content (AvgIpc) is 3.16. The zero-order chi connectivity index (χ0) is 24.0. The molecule has 0 aromatic heterocycles. The Bertz CT molecular complexity index is 1180. The number of aliphatic imine (C=N–C) groups is 1. The van der Waals surface area contributed by atoms with Crippen LogP contribution in [0.5, 0.6) is 11.5 Å². The van der Waals surface area contributed by atoms with E-state index in [-0.39, 0.29) is 17.1 Å². The van der Waals surface area contributed by atoms with E-state index in [1.807, 2.05) is 6.07 Å². The van der Waals surface area contributed by atoms with E-state index in [1.54, 1.807) is 42.5 Å². The van der Waals surface area contributed by atoms with E-state index in [4.69, 9.17) is 9.47 Å². The smallest absolute Gasteiger partial charge is 0.264 e. The number of hydrogen-bond acceptors (Lipinski definition) is 6. The summed E-state index contributed by atoms with van der Waals surface area (Å²) >= 11 is 0. The van der Waals surface area contributed by atoms with Gasteiger partial charge in [0.2, 0.25) is 0 Å². The molecule has 2 N–H and O–H groups in total. The maximum atomic E-state index is 12.9. The molecule has 1 aliphatic heterocycles. The fourth-order valence-corrected chi connectivity index (χ4v) is 3.35. The summed E-state index contributed by atoms with van der Waals surface area (Å²) in [5.41, 5.74) is 1.72. The lowest BCUT2D eigenvalue weighted by atomic mass is 10.0. The van der Waals surface area contributed by atoms with E-state index in [1.165, 1.54) is 14.2 Å². The van der Waals surface area contributed by atoms with Crippen LogP contribution in [0.15, 0.2) is 53.0 Å². The highest BCUT2D eigenvalue weighted by Crippen LogP contribution is 2.31. The molecule has 0 saturated carbocycles. The molecule has 0 aliphatic carbocycles. The van der Waals surface area contributed by atoms with Gasteiger partial charge in [0.05, 0.1) is 19.9 Å². The second-order valence-corrected chi connectivity index (χ2v) is 7.80. The summed E-state index contributed by atoms with van der Waals surface area (Å²) in [6, 6.07) is 13.9. The molecule has 8 nitrogen and oxygen atoms in total. The fourth-order valence-electron chi connectivity index (χ4n) is 3.35. The van der Waals surface area contributed by atoms with E-state index in [2.05, 4.69) is 29.5 Å². The van der Waals surface area contributed by atoms with Gasteiger partial charge in [-0.25, -0.2) is 4.99 Å². The molecule has 0 fully saturated rings. The predicted octanol–water partition coefficient (Wildman–Crippen LogP) is 3.29. The second kappa shape index (κ2) is 10.5. The lowest BCUT2D eigenvalue weighted by Crippen LogP contribution is -2.30. The zero-order valence-electron chi connectivity index (χ0n) is 19.1. The standard InChI is InChI=1S/C25H26N4O4/c1-15(2)11-12-27-25(31)19(14-26)22-17-7-5-6-8-18(17)23(28-22)29-24(30)16-9-10-20(32-3)21(13-16)33-4/h5-10,13,15H,11-12H2,1-4H3,(H,27,31)(H,28,29,30). The van der Waals surface area contributed by atoms with Crippen molar-refractivity contribution in [3.8, 4) is 17.6 Å². The number of hydrogen-bond donors (Lipinski definition) is 2. The van der Waals surface area contributed by atoms with Crippen molar-refractivity contribution in [1.29, 1.82) is 5.26 Å². The van der Waals surface area contributed by atoms with Crippen LogP contribution in [-0.2, 0) is 4.79 Å². The van der Waals surface area contributed by atoms with Gasteiger partial charge < -0.3 is 20.1 Å². The van der Waals surface area contributed by atoms with Gasteiger partial charge in [-0.15, -0.1) is 0 Å². The Balaban J connectivity index is 1.92. The number of amides is 2. The van der Waals surface area contributed by atoms with Gasteiger partial charge in [-0.05, 0) is 30.5 Å². The van der Waals surface area contributed by atoms with Gasteiger partial charge in [0.25, 0.3) is 11.8 Å². The number of nitriles is 1. The Morgan fingerprint density at radius 2 is 1.76 bits per heavy atom. The highest BCUT2D eigenvalue weighted by molar-refractivity contribution is 6.20. The quantitative estimate of drug-likeness (QED) is 0.501. The summed E-state index contributed by atoms with van der Waals surface area (Å²) in [7, 11) is 3.00. The molecule has 2 amide bonds. The van der Waals surface area contributed by atoms with Crippen molar-refractivity contribution in [2.75, 3.05) is 20.8 Å². The van der Waals surface area contributed by atoms with Crippen molar-refractivity contribution in [3.05, 3.63) is 64.7 Å². The van der Waals surface area contributed by atoms with E-state index in [0.717, 1.165) is 6.42 Å². The van der Waals surface area contributed by atoms with Crippen molar-refractivity contribution in [2.24, 2.45) is 10.9 Å². The van der Waals surface area contributed by atoms with Crippen molar-refractivity contribution in [1.82, 2.24) is 10.6 Å². The summed E-state index contributed by atoms with van der Waals surface area (Å²) in [5, 5.41) is 15.3. The number of carbonyl (C=O) groups excluding carboxylic acids is 2. The summed E-state index contributed by atoms with van der Waals surface area (Å²) in [4.78, 5) is 30.0. The van der Waals surface area contributed by atoms with Gasteiger partial charge >= 0.3 is 0 Å². The number of carbonyl (C=O) groups is 2. The summed E-state index contributed by atoms with van der Waals surface area (Å²) in [6.45, 7) is 4.57. The molecule has 2 aromatic carbocycles. The largest absolute Gasteiger partial charge is 0.493 e. The average molecular weight is 447 g/mol. The molecule has 3 rings (SSSR count). The Kier molecular flexibility index (Phi) is 7.46. The lowest BCUT2D eigenvalue weighted by molar-refractivity contribution is -0.117. The molecule has 0 bridgehead atoms. The third kappa shape index (κ3) is 5.21. The first-order valence-electron chi connectivity index (χ1n) is 10.5. The van der Waals surface area contributed by atoms with E-state index < -0.39 is 11.8 Å². The van der Waals surface area contributed by atoms with Crippen molar-refractivity contribution in [3.63, 3.8) is 0 Å². The van der Waals surface area contributed by atoms with Crippen LogP contribution < -0.4 is 20.1 Å². The lowest BCUT2D eigenvalue weighted by Gasteiger charge is -2.10. The second-order valence-electron chi connectivity index (χ2n) is 7.80. The first-order chi connectivity index (χ1) is 15.9. The molecule has 0 spiro atoms. The van der Waals surface area contributed by atoms with Gasteiger partial charge in [-0.1, -0.05) is 38.1 Å². The number of nitrogens with zero attached hydrogens (tertiary/aromatic N) is 2. The minimum atomic E-state index is -0.487. The Morgan fingerprint density at radius 3 is 2.39 bits per heavy atom. The van der Waals surface area contributed by atoms with E-state index in [0.29, 0.717) is 40.7 Å². The van der Waals surface area contributed by atoms with Gasteiger partial charge in [-0.2, -0.15) is 5.26 Å². The highest BCUT2D eigenvalue weighted by Gasteiger charge is 2.27. The molecule has 0 unspecified atom stereocenters. The molecule has 8 heteroatoms. The highest BCUT2D eigenvalue weighted by atomic mass is 16.5. The normalized spacial score (nSPS) is 13.5. The topological polar surface area (TPSA) is 113 Å². The van der Waals surface area contributed by atoms with Crippen LogP contribution in [0.4, 0.5) is 0 Å². The Hall–Kier alpha value is -4.12. The number of fused-ring (bicyclic) bond motifs is 1. The van der Waals surface area contributed by atoms with Crippen LogP contribution in [0.1, 0.15) is 41.8 Å². The van der Waals surface area contributed by atoms with Crippen LogP contribution in [0.3, 0.4) is 0 Å². The fraction of sp³-hybridized carbons (Fsp3) is 0.280. The minimum absolute atomic E-state index is 0.0958. The first kappa shape index (κ1) is 23.5. The number of nitrogens with one attached hydrogen (secondary N) is 2. The zero-order valence-corrected chi connectivity index (χ0v) is 19.1. The van der Waals surface area contributed by atoms with Crippen LogP contribution in [0, 0.1) is 17.2 Å². The summed E-state index contributed by atoms with van der Waals surface area (Å²) < 4.78 is 10.5. The molecule has 0 atom stereocenters. The number of ether oxygens (including phenoxy) is 2. The predicted molar refractivity (Wildman–Crippen MR) is 125 cm³/mol. The van der Waals surface area contributed by atoms with Gasteiger partial charge in [0.15, 0.2) is 11.5 Å². The van der Waals surface area contributed by atoms with E-state index in [9.17, 15) is 14.9 Å². The minimum Gasteiger partial charge on any atom is -0.493 e. The van der Waals surface area contributed by atoms with Gasteiger partial charge in [0, 0.05) is 23.2 Å². The third-order valence-corrected chi connectivity index (χ3v) is 5.12. The van der Waals surface area contributed by atoms with Crippen LogP contribution >= 0.6 is 0 Å². The van der Waals surface area contributed by atoms with Crippen molar-refractivity contribution in [2.45, 2.75) is 20.3 Å². The SMILES string of the molecule is COc1ccc(C(=O)NC2=NC(=C(C#N)C(=O)NCCC(C)C)c3ccccc32)cc1OC. The molecule has 170 valence electrons. The Labute approximate surface area is 192 Å². The van der Waals surface area contributed by atoms with Crippen molar-refractivity contribution >= 4 is 23.3 Å². The monoisotopic (exact) mass is 446 g/mol. The van der Waals surface area contributed by atoms with Crippen LogP contribution in [-0.4, -0.2) is 38.4 Å².